The molecular weight excluding hydrogens is 1860 g/mol. The van der Waals surface area contributed by atoms with Crippen LogP contribution < -0.4 is 78.0 Å². The zero-order chi connectivity index (χ0) is 104. The molecule has 147 heavy (non-hydrogen) atoms. The van der Waals surface area contributed by atoms with E-state index in [1.807, 2.05) is 243 Å². The second-order valence-corrected chi connectivity index (χ2v) is 36.5. The van der Waals surface area contributed by atoms with Crippen molar-refractivity contribution >= 4 is 95.6 Å². The molecule has 0 saturated carbocycles. The highest BCUT2D eigenvalue weighted by atomic mass is 16.7. The number of nitrogens with one attached hydrogen (secondary N) is 1. The molecule has 0 atom stereocenters. The van der Waals surface area contributed by atoms with Crippen molar-refractivity contribution in [3.05, 3.63) is 256 Å². The Morgan fingerprint density at radius 2 is 0.803 bits per heavy atom. The van der Waals surface area contributed by atoms with E-state index in [1.165, 1.54) is 0 Å². The summed E-state index contributed by atoms with van der Waals surface area (Å²) in [5, 5.41) is 20.7. The molecule has 35 nitrogen and oxygen atoms in total. The van der Waals surface area contributed by atoms with Crippen LogP contribution in [-0.2, 0) is 21.1 Å². The molecule has 748 valence electrons. The summed E-state index contributed by atoms with van der Waals surface area (Å²) in [5.74, 6) is 22.2. The highest BCUT2D eigenvalue weighted by molar-refractivity contribution is 5.88. The number of fused-ring (bicyclic) bond motifs is 5. The molecule has 8 aromatic carbocycles. The second-order valence-electron chi connectivity index (χ2n) is 36.5. The van der Waals surface area contributed by atoms with Gasteiger partial charge in [-0.3, -0.25) is 38.7 Å². The van der Waals surface area contributed by atoms with E-state index in [0.717, 1.165) is 148 Å². The highest BCUT2D eigenvalue weighted by Crippen LogP contribution is 2.47. The summed E-state index contributed by atoms with van der Waals surface area (Å²) in [7, 11) is 15.3. The van der Waals surface area contributed by atoms with Crippen molar-refractivity contribution in [1.29, 1.82) is 0 Å². The van der Waals surface area contributed by atoms with Gasteiger partial charge in [-0.05, 0) is 152 Å². The van der Waals surface area contributed by atoms with Gasteiger partial charge < -0.3 is 78.0 Å². The predicted molar refractivity (Wildman–Crippen MR) is 573 cm³/mol. The Kier molecular flexibility index (Phi) is 31.7. The predicted octanol–water partition coefficient (Wildman–Crippen LogP) is 19.4. The number of hydrogen-bond donors (Lipinski definition) is 2. The Balaban J connectivity index is 0.000000140. The molecular formula is C112H115N25O10. The van der Waals surface area contributed by atoms with Crippen LogP contribution in [0.1, 0.15) is 86.7 Å². The van der Waals surface area contributed by atoms with Crippen molar-refractivity contribution in [1.82, 2.24) is 99.3 Å². The molecule has 11 heterocycles. The van der Waals surface area contributed by atoms with Crippen LogP contribution in [0.2, 0.25) is 0 Å². The Labute approximate surface area is 853 Å². The molecule has 19 rings (SSSR count). The van der Waals surface area contributed by atoms with Crippen molar-refractivity contribution in [3.8, 4) is 139 Å². The molecule has 0 spiro atoms. The Morgan fingerprint density at radius 3 is 1.18 bits per heavy atom. The molecule has 18 aromatic rings. The molecule has 1 aliphatic rings. The van der Waals surface area contributed by atoms with E-state index >= 15 is 0 Å². The first-order chi connectivity index (χ1) is 70.9. The van der Waals surface area contributed by atoms with Gasteiger partial charge in [0.15, 0.2) is 11.5 Å². The maximum atomic E-state index is 6.23. The number of anilines is 9. The smallest absolute Gasteiger partial charge is 0.231 e. The van der Waals surface area contributed by atoms with Gasteiger partial charge in [-0.1, -0.05) is 37.7 Å². The Hall–Kier alpha value is -18.2. The van der Waals surface area contributed by atoms with Gasteiger partial charge in [-0.25, -0.2) is 34.9 Å². The maximum absolute atomic E-state index is 6.23. The standard InChI is InChI=1S/C31H37N5O2.C29H26N6O3.C27H24N8O2.C25H28N6O3/c1-10-13-35(24-14-25(37-30(4,5)6)17-26(15-24)38-31(7,8)9)23-11-12-27-28(16-23)34-29(19-32-27)22-18-33-36(20-22)21(2)3;1-34-19-20(17-31-34)28-18-30-26-11-10-22(15-27(26)33-28)35(23-13-24(36-2)16-25(14-23)37-3)12-6-8-21-7-5-9-29(32-21)38-4;1-34-17-18(15-31-34)26-16-30-24-7-6-20(13-25(24)33-26)35(10-4-5-19-8-9-29-27(28)32-19)21-11-22(36-2)14-23(12-21)37-3;1-16(2)26-7-8-31(19-10-23(32-4)25-24(11-19)33-15-34-25)18-5-6-20-21(9-18)29-22(13-27-20)17-12-28-30(3)14-17/h1,11-12,14-21H,13H2,2-9H3;5,7,9-11,13-19H,12H2,1-4H3;6-9,11-17H,10H2,1-3H3,(H2,28,29,32);5-6,9-14,16,26H,7-8,15H2,1-4H3. The summed E-state index contributed by atoms with van der Waals surface area (Å²) in [6.07, 6.45) is 29.4. The fraction of sp³-hybridized carbons (Fsp3) is 0.259. The molecule has 0 fully saturated rings. The monoisotopic (exact) mass is 1970 g/mol. The van der Waals surface area contributed by atoms with Crippen molar-refractivity contribution in [2.75, 3.05) is 108 Å². The van der Waals surface area contributed by atoms with E-state index in [0.29, 0.717) is 94.7 Å². The van der Waals surface area contributed by atoms with Gasteiger partial charge in [0.05, 0.1) is 179 Å². The molecule has 3 N–H and O–H groups in total. The van der Waals surface area contributed by atoms with Crippen LogP contribution in [0.15, 0.2) is 244 Å². The molecule has 35 heteroatoms. The molecule has 0 amide bonds. The minimum atomic E-state index is -0.368. The van der Waals surface area contributed by atoms with E-state index in [-0.39, 0.29) is 30.0 Å². The number of rotatable bonds is 28. The van der Waals surface area contributed by atoms with Crippen LogP contribution in [-0.4, -0.2) is 193 Å². The number of nitrogen functional groups attached to an aromatic ring is 1. The Morgan fingerprint density at radius 1 is 0.401 bits per heavy atom. The first-order valence-electron chi connectivity index (χ1n) is 47.3. The normalized spacial score (nSPS) is 11.4. The van der Waals surface area contributed by atoms with Gasteiger partial charge in [0, 0.05) is 218 Å². The van der Waals surface area contributed by atoms with Crippen molar-refractivity contribution < 1.29 is 47.4 Å². The third kappa shape index (κ3) is 26.0. The number of aromatic nitrogens is 19. The number of pyridine rings is 1. The quantitative estimate of drug-likeness (QED) is 0.0430. The van der Waals surface area contributed by atoms with Gasteiger partial charge in [0.2, 0.25) is 24.4 Å². The van der Waals surface area contributed by atoms with Gasteiger partial charge in [0.1, 0.15) is 57.1 Å². The summed E-state index contributed by atoms with van der Waals surface area (Å²) in [5.41, 5.74) is 26.3. The molecule has 0 saturated heterocycles. The number of nitrogens with two attached hydrogens (primary N) is 1. The molecule has 0 aliphatic carbocycles. The summed E-state index contributed by atoms with van der Waals surface area (Å²) in [6.45, 7) is 23.4. The van der Waals surface area contributed by atoms with Crippen LogP contribution in [0, 0.1) is 36.0 Å². The van der Waals surface area contributed by atoms with Crippen LogP contribution >= 0.6 is 0 Å². The molecule has 1 aliphatic heterocycles. The fourth-order valence-electron chi connectivity index (χ4n) is 15.8. The van der Waals surface area contributed by atoms with E-state index in [9.17, 15) is 0 Å². The van der Waals surface area contributed by atoms with Crippen molar-refractivity contribution in [2.24, 2.45) is 21.1 Å². The molecule has 0 radical (unpaired) electrons. The molecule has 0 bridgehead atoms. The summed E-state index contributed by atoms with van der Waals surface area (Å²) in [6, 6.07) is 53.1. The lowest BCUT2D eigenvalue weighted by Gasteiger charge is -2.28. The van der Waals surface area contributed by atoms with E-state index in [4.69, 9.17) is 79.5 Å². The SMILES string of the molecule is C#CCN(c1cc(OC(C)(C)C)cc(OC(C)(C)C)c1)c1ccc2ncc(-c3cnn(C(C)C)c3)nc2c1.COc1cc(N(CCNC(C)C)c2ccc3ncc(-c4cnn(C)c4)nc3c2)cc2c1OCO2.COc1cc(OC)cc(N(CC#Cc2cccc(OC)n2)c2ccc3ncc(-c4cnn(C)c4)nc3c2)c1.COc1cc(OC)cc(N(CC#Cc2ccnc(N)n2)c2ccc3ncc(-c4cnn(C)c4)nc3c2)c1. The van der Waals surface area contributed by atoms with Crippen LogP contribution in [0.25, 0.3) is 89.2 Å². The highest BCUT2D eigenvalue weighted by Gasteiger charge is 2.27. The van der Waals surface area contributed by atoms with Gasteiger partial charge in [-0.15, -0.1) is 6.42 Å². The van der Waals surface area contributed by atoms with E-state index < -0.39 is 0 Å². The first kappa shape index (κ1) is 102. The molecule has 0 unspecified atom stereocenters. The van der Waals surface area contributed by atoms with Crippen molar-refractivity contribution in [3.63, 3.8) is 0 Å². The molecule has 10 aromatic heterocycles. The van der Waals surface area contributed by atoms with Gasteiger partial charge >= 0.3 is 0 Å². The lowest BCUT2D eigenvalue weighted by molar-refractivity contribution is 0.121. The topological polar surface area (TPSA) is 356 Å². The number of hydrogen-bond acceptors (Lipinski definition) is 31. The number of terminal acetylenes is 1. The first-order valence-corrected chi connectivity index (χ1v) is 47.3. The average molecular weight is 1970 g/mol. The van der Waals surface area contributed by atoms with E-state index in [2.05, 4.69) is 145 Å². The van der Waals surface area contributed by atoms with Crippen LogP contribution in [0.4, 0.5) is 51.4 Å². The average Bonchev–Trinajstić information content (AvgIpc) is 1.78. The van der Waals surface area contributed by atoms with Gasteiger partial charge in [-0.2, -0.15) is 20.4 Å². The minimum absolute atomic E-state index is 0.179. The third-order valence-corrected chi connectivity index (χ3v) is 22.7. The number of nitrogens with zero attached hydrogens (tertiary/aromatic N) is 23. The lowest BCUT2D eigenvalue weighted by atomic mass is 10.1. The summed E-state index contributed by atoms with van der Waals surface area (Å²) >= 11 is 0. The number of aryl methyl sites for hydroxylation is 3. The zero-order valence-electron chi connectivity index (χ0n) is 85.5. The van der Waals surface area contributed by atoms with E-state index in [1.54, 1.807) is 118 Å². The maximum Gasteiger partial charge on any atom is 0.231 e. The minimum Gasteiger partial charge on any atom is -0.497 e. The summed E-state index contributed by atoms with van der Waals surface area (Å²) in [4.78, 5) is 58.8. The lowest BCUT2D eigenvalue weighted by Crippen LogP contribution is -2.32. The summed E-state index contributed by atoms with van der Waals surface area (Å²) < 4.78 is 63.7. The Bertz CT molecular complexity index is 7830. The van der Waals surface area contributed by atoms with Crippen LogP contribution in [0.5, 0.6) is 57.6 Å². The number of ether oxygens (including phenoxy) is 10. The second kappa shape index (κ2) is 45.8. The number of methoxy groups -OCH3 is 6. The third-order valence-electron chi connectivity index (χ3n) is 22.7. The fourth-order valence-corrected chi connectivity index (χ4v) is 15.8. The largest absolute Gasteiger partial charge is 0.497 e. The van der Waals surface area contributed by atoms with Gasteiger partial charge in [0.25, 0.3) is 0 Å². The van der Waals surface area contributed by atoms with Crippen molar-refractivity contribution in [2.45, 2.75) is 92.5 Å². The number of benzene rings is 8. The van der Waals surface area contributed by atoms with Crippen LogP contribution in [0.3, 0.4) is 0 Å². The zero-order valence-corrected chi connectivity index (χ0v) is 85.5.